The summed E-state index contributed by atoms with van der Waals surface area (Å²) in [7, 11) is 0. The van der Waals surface area contributed by atoms with E-state index in [1.807, 2.05) is 11.0 Å². The summed E-state index contributed by atoms with van der Waals surface area (Å²) in [6.07, 6.45) is 3.64. The molecule has 1 atom stereocenters. The Hall–Kier alpha value is -1.43. The van der Waals surface area contributed by atoms with Gasteiger partial charge in [0.15, 0.2) is 0 Å². The molecule has 1 aliphatic carbocycles. The molecular weight excluding hydrogens is 328 g/mol. The number of hydrogen-bond acceptors (Lipinski definition) is 4. The Morgan fingerprint density at radius 1 is 1.15 bits per heavy atom. The van der Waals surface area contributed by atoms with E-state index in [4.69, 9.17) is 0 Å². The smallest absolute Gasteiger partial charge is 0.219 e. The normalized spacial score (nSPS) is 30.8. The third kappa shape index (κ3) is 4.84. The molecular formula is C21H32N2O3. The van der Waals surface area contributed by atoms with Crippen LogP contribution in [0.3, 0.4) is 0 Å². The molecule has 1 aromatic rings. The van der Waals surface area contributed by atoms with Crippen molar-refractivity contribution in [3.05, 3.63) is 35.9 Å². The quantitative estimate of drug-likeness (QED) is 0.860. The molecule has 1 aromatic carbocycles. The molecule has 26 heavy (non-hydrogen) atoms. The van der Waals surface area contributed by atoms with E-state index in [0.717, 1.165) is 38.8 Å². The van der Waals surface area contributed by atoms with Crippen LogP contribution in [0.2, 0.25) is 0 Å². The number of hydrogen-bond donors (Lipinski definition) is 2. The maximum Gasteiger partial charge on any atom is 0.219 e. The second-order valence-electron chi connectivity index (χ2n) is 8.16. The largest absolute Gasteiger partial charge is 0.396 e. The number of β-amino-alcohol motifs (C(OH)–C–C–N with tert-alkyl or cyclic N) is 1. The van der Waals surface area contributed by atoms with Crippen molar-refractivity contribution < 1.29 is 15.0 Å². The van der Waals surface area contributed by atoms with E-state index < -0.39 is 5.60 Å². The van der Waals surface area contributed by atoms with Crippen LogP contribution in [0.5, 0.6) is 0 Å². The number of aliphatic hydroxyl groups excluding tert-OH is 1. The molecule has 2 N–H and O–H groups in total. The van der Waals surface area contributed by atoms with Gasteiger partial charge >= 0.3 is 0 Å². The highest BCUT2D eigenvalue weighted by Gasteiger charge is 2.36. The topological polar surface area (TPSA) is 64.0 Å². The van der Waals surface area contributed by atoms with Gasteiger partial charge in [-0.2, -0.15) is 0 Å². The number of carbonyl (C=O) groups is 1. The van der Waals surface area contributed by atoms with Crippen LogP contribution >= 0.6 is 0 Å². The maximum absolute atomic E-state index is 11.7. The Bertz CT molecular complexity index is 584. The van der Waals surface area contributed by atoms with Crippen molar-refractivity contribution in [1.82, 2.24) is 9.80 Å². The zero-order chi connectivity index (χ0) is 18.6. The van der Waals surface area contributed by atoms with E-state index >= 15 is 0 Å². The van der Waals surface area contributed by atoms with Gasteiger partial charge in [0.2, 0.25) is 5.91 Å². The molecule has 1 unspecified atom stereocenters. The molecule has 2 aliphatic rings. The fourth-order valence-electron chi connectivity index (χ4n) is 4.51. The number of amides is 1. The molecule has 0 spiro atoms. The highest BCUT2D eigenvalue weighted by Crippen LogP contribution is 2.38. The van der Waals surface area contributed by atoms with Gasteiger partial charge in [-0.05, 0) is 37.2 Å². The number of nitrogens with zero attached hydrogens (tertiary/aromatic N) is 2. The van der Waals surface area contributed by atoms with E-state index in [-0.39, 0.29) is 18.4 Å². The summed E-state index contributed by atoms with van der Waals surface area (Å²) in [6, 6.07) is 10.6. The van der Waals surface area contributed by atoms with Crippen LogP contribution in [0, 0.1) is 5.92 Å². The Balaban J connectivity index is 1.57. The Labute approximate surface area is 156 Å². The minimum atomic E-state index is -0.656. The molecule has 1 aliphatic heterocycles. The fourth-order valence-corrected chi connectivity index (χ4v) is 4.51. The predicted molar refractivity (Wildman–Crippen MR) is 102 cm³/mol. The van der Waals surface area contributed by atoms with Gasteiger partial charge in [0, 0.05) is 52.2 Å². The first-order valence-electron chi connectivity index (χ1n) is 9.85. The monoisotopic (exact) mass is 360 g/mol. The van der Waals surface area contributed by atoms with E-state index in [0.29, 0.717) is 25.6 Å². The van der Waals surface area contributed by atoms with Crippen LogP contribution in [-0.2, 0) is 4.79 Å². The van der Waals surface area contributed by atoms with Crippen molar-refractivity contribution in [2.45, 2.75) is 44.1 Å². The van der Waals surface area contributed by atoms with Gasteiger partial charge in [-0.1, -0.05) is 30.3 Å². The summed E-state index contributed by atoms with van der Waals surface area (Å²) >= 11 is 0. The van der Waals surface area contributed by atoms with Gasteiger partial charge in [-0.3, -0.25) is 9.69 Å². The molecule has 0 aromatic heterocycles. The van der Waals surface area contributed by atoms with E-state index in [9.17, 15) is 15.0 Å². The molecule has 5 nitrogen and oxygen atoms in total. The lowest BCUT2D eigenvalue weighted by Crippen LogP contribution is -2.47. The Morgan fingerprint density at radius 2 is 1.85 bits per heavy atom. The van der Waals surface area contributed by atoms with E-state index in [2.05, 4.69) is 29.2 Å². The number of aliphatic hydroxyl groups is 2. The first kappa shape index (κ1) is 19.3. The van der Waals surface area contributed by atoms with Gasteiger partial charge in [-0.15, -0.1) is 0 Å². The predicted octanol–water partition coefficient (Wildman–Crippen LogP) is 1.85. The average Bonchev–Trinajstić information content (AvgIpc) is 2.85. The Kier molecular flexibility index (Phi) is 6.33. The molecule has 1 saturated carbocycles. The lowest BCUT2D eigenvalue weighted by Gasteiger charge is -2.40. The molecule has 2 fully saturated rings. The molecule has 144 valence electrons. The van der Waals surface area contributed by atoms with Crippen LogP contribution in [-0.4, -0.2) is 70.9 Å². The van der Waals surface area contributed by atoms with Gasteiger partial charge < -0.3 is 15.1 Å². The SMILES string of the molecule is CC(=O)N1CCN(CC2(O)CCC(c3ccccc3)CC2)CC(CO)C1. The van der Waals surface area contributed by atoms with Crippen molar-refractivity contribution in [3.63, 3.8) is 0 Å². The first-order valence-corrected chi connectivity index (χ1v) is 9.85. The van der Waals surface area contributed by atoms with Crippen LogP contribution in [0.4, 0.5) is 0 Å². The zero-order valence-electron chi connectivity index (χ0n) is 15.8. The summed E-state index contributed by atoms with van der Waals surface area (Å²) in [4.78, 5) is 15.8. The lowest BCUT2D eigenvalue weighted by molar-refractivity contribution is -0.129. The molecule has 5 heteroatoms. The van der Waals surface area contributed by atoms with Crippen molar-refractivity contribution in [2.24, 2.45) is 5.92 Å². The highest BCUT2D eigenvalue weighted by molar-refractivity contribution is 5.73. The zero-order valence-corrected chi connectivity index (χ0v) is 15.8. The third-order valence-corrected chi connectivity index (χ3v) is 6.09. The number of benzene rings is 1. The van der Waals surface area contributed by atoms with E-state index in [1.165, 1.54) is 5.56 Å². The minimum absolute atomic E-state index is 0.0608. The highest BCUT2D eigenvalue weighted by atomic mass is 16.3. The summed E-state index contributed by atoms with van der Waals surface area (Å²) < 4.78 is 0. The van der Waals surface area contributed by atoms with Crippen molar-refractivity contribution in [1.29, 1.82) is 0 Å². The van der Waals surface area contributed by atoms with Crippen LogP contribution in [0.15, 0.2) is 30.3 Å². The van der Waals surface area contributed by atoms with Crippen LogP contribution in [0.1, 0.15) is 44.1 Å². The second kappa shape index (κ2) is 8.51. The summed E-state index contributed by atoms with van der Waals surface area (Å²) in [6.45, 7) is 5.09. The summed E-state index contributed by atoms with van der Waals surface area (Å²) in [5, 5.41) is 20.8. The van der Waals surface area contributed by atoms with E-state index in [1.54, 1.807) is 6.92 Å². The average molecular weight is 360 g/mol. The minimum Gasteiger partial charge on any atom is -0.396 e. The lowest BCUT2D eigenvalue weighted by atomic mass is 9.76. The molecule has 1 heterocycles. The van der Waals surface area contributed by atoms with Crippen molar-refractivity contribution in [3.8, 4) is 0 Å². The molecule has 3 rings (SSSR count). The molecule has 0 bridgehead atoms. The van der Waals surface area contributed by atoms with Crippen molar-refractivity contribution >= 4 is 5.91 Å². The number of rotatable bonds is 4. The summed E-state index contributed by atoms with van der Waals surface area (Å²) in [5.41, 5.74) is 0.721. The summed E-state index contributed by atoms with van der Waals surface area (Å²) in [5.74, 6) is 0.664. The fraction of sp³-hybridized carbons (Fsp3) is 0.667. The van der Waals surface area contributed by atoms with Gasteiger partial charge in [-0.25, -0.2) is 0 Å². The van der Waals surface area contributed by atoms with Gasteiger partial charge in [0.1, 0.15) is 0 Å². The standard InChI is InChI=1S/C21H32N2O3/c1-17(25)23-12-11-22(13-18(14-23)15-24)16-21(26)9-7-20(8-10-21)19-5-3-2-4-6-19/h2-6,18,20,24,26H,7-16H2,1H3. The van der Waals surface area contributed by atoms with Gasteiger partial charge in [0.25, 0.3) is 0 Å². The number of carbonyl (C=O) groups excluding carboxylic acids is 1. The molecule has 0 radical (unpaired) electrons. The third-order valence-electron chi connectivity index (χ3n) is 6.09. The molecule has 1 saturated heterocycles. The van der Waals surface area contributed by atoms with Crippen molar-refractivity contribution in [2.75, 3.05) is 39.3 Å². The van der Waals surface area contributed by atoms with Crippen LogP contribution in [0.25, 0.3) is 0 Å². The second-order valence-corrected chi connectivity index (χ2v) is 8.16. The Morgan fingerprint density at radius 3 is 2.46 bits per heavy atom. The van der Waals surface area contributed by atoms with Gasteiger partial charge in [0.05, 0.1) is 5.60 Å². The first-order chi connectivity index (χ1) is 12.5. The van der Waals surface area contributed by atoms with Crippen LogP contribution < -0.4 is 0 Å². The maximum atomic E-state index is 11.7. The molecule has 1 amide bonds.